The van der Waals surface area contributed by atoms with E-state index in [1.807, 2.05) is 13.8 Å². The molecule has 0 spiro atoms. The normalized spacial score (nSPS) is 25.4. The summed E-state index contributed by atoms with van der Waals surface area (Å²) in [5.41, 5.74) is 5.20. The summed E-state index contributed by atoms with van der Waals surface area (Å²) in [5.74, 6) is -3.65. The van der Waals surface area contributed by atoms with Crippen LogP contribution in [0.3, 0.4) is 0 Å². The van der Waals surface area contributed by atoms with E-state index in [9.17, 15) is 68.7 Å². The highest BCUT2D eigenvalue weighted by Crippen LogP contribution is 2.29. The van der Waals surface area contributed by atoms with Gasteiger partial charge in [0, 0.05) is 142 Å². The van der Waals surface area contributed by atoms with Gasteiger partial charge in [-0.25, -0.2) is 0 Å². The van der Waals surface area contributed by atoms with Crippen molar-refractivity contribution in [3.05, 3.63) is 0 Å². The summed E-state index contributed by atoms with van der Waals surface area (Å²) < 4.78 is 67.1. The number of aliphatic hydroxyl groups is 5. The van der Waals surface area contributed by atoms with Gasteiger partial charge in [0.1, 0.15) is 50.3 Å². The maximum atomic E-state index is 12.7. The zero-order valence-corrected chi connectivity index (χ0v) is 57.5. The van der Waals surface area contributed by atoms with Crippen molar-refractivity contribution in [2.24, 2.45) is 23.0 Å². The molecule has 0 aromatic rings. The fourth-order valence-corrected chi connectivity index (χ4v) is 10.1. The first-order valence-electron chi connectivity index (χ1n) is 34.0. The Kier molecular flexibility index (Phi) is 43.6. The predicted molar refractivity (Wildman–Crippen MR) is 343 cm³/mol. The highest BCUT2D eigenvalue weighted by atomic mass is 16.7. The van der Waals surface area contributed by atoms with E-state index in [1.54, 1.807) is 6.92 Å². The average molecular weight is 1400 g/mol. The van der Waals surface area contributed by atoms with Crippen LogP contribution in [0, 0.1) is 17.3 Å². The predicted octanol–water partition coefficient (Wildman–Crippen LogP) is -1.70. The van der Waals surface area contributed by atoms with Gasteiger partial charge in [0.05, 0.1) is 64.0 Å². The van der Waals surface area contributed by atoms with Crippen molar-refractivity contribution < 1.29 is 126 Å². The minimum absolute atomic E-state index is 0.0302. The Labute approximate surface area is 568 Å². The molecule has 7 unspecified atom stereocenters. The van der Waals surface area contributed by atoms with Gasteiger partial charge < -0.3 is 120 Å². The van der Waals surface area contributed by atoms with Crippen LogP contribution in [0.1, 0.15) is 144 Å². The number of hydrogen-bond donors (Lipinski definition) is 12. The number of nitrogens with two attached hydrogens (primary N) is 1. The third-order valence-electron chi connectivity index (χ3n) is 16.0. The van der Waals surface area contributed by atoms with E-state index in [4.69, 9.17) is 62.6 Å². The van der Waals surface area contributed by atoms with Crippen LogP contribution in [0.5, 0.6) is 0 Å². The minimum Gasteiger partial charge on any atom is -0.463 e. The molecule has 3 aliphatic rings. The molecule has 3 heterocycles. The Morgan fingerprint density at radius 1 is 0.412 bits per heavy atom. The Morgan fingerprint density at radius 3 is 1.12 bits per heavy atom. The van der Waals surface area contributed by atoms with Crippen LogP contribution in [0.25, 0.3) is 0 Å². The van der Waals surface area contributed by atoms with Gasteiger partial charge in [-0.05, 0) is 57.8 Å². The molecule has 0 saturated carbocycles. The van der Waals surface area contributed by atoms with Gasteiger partial charge in [-0.2, -0.15) is 0 Å². The summed E-state index contributed by atoms with van der Waals surface area (Å²) in [5, 5.41) is 68.6. The second-order valence-electron chi connectivity index (χ2n) is 25.0. The molecule has 33 nitrogen and oxygen atoms in total. The molecular formula is C64H113N7O26. The minimum atomic E-state index is -1.37. The number of rotatable bonds is 51. The largest absolute Gasteiger partial charge is 0.463 e. The SMILES string of the molecule is CC(=O)OCC1CC(O)[C@H](C)[C@H](OCCCCC(=O)NCCCNC(=O)CCOCC(C)(COCCC(=O)NCCCNC(=O)CCCCO[C@@H]2OC(COC(C)=O)[C@H](O)C(O)[C@@H]2C)COCCC(=O)NCCCNC(=O)CCCCO[C@@H]2OC(COC(C)=O)[C@H](O)C(O)[C@@H]2N)O1. The Hall–Kier alpha value is -5.37. The lowest BCUT2D eigenvalue weighted by Crippen LogP contribution is -2.62. The third kappa shape index (κ3) is 37.6. The number of esters is 3. The fourth-order valence-electron chi connectivity index (χ4n) is 10.1. The molecule has 13 N–H and O–H groups in total. The number of aliphatic hydroxyl groups excluding tert-OH is 5. The number of nitrogens with one attached hydrogen (secondary N) is 6. The van der Waals surface area contributed by atoms with Gasteiger partial charge in [-0.15, -0.1) is 0 Å². The van der Waals surface area contributed by atoms with E-state index < -0.39 is 103 Å². The first kappa shape index (κ1) is 85.9. The van der Waals surface area contributed by atoms with Crippen LogP contribution in [0.2, 0.25) is 0 Å². The van der Waals surface area contributed by atoms with Crippen molar-refractivity contribution in [2.45, 2.75) is 218 Å². The summed E-state index contributed by atoms with van der Waals surface area (Å²) in [6.45, 7) is 11.8. The summed E-state index contributed by atoms with van der Waals surface area (Å²) in [4.78, 5) is 109. The quantitative estimate of drug-likeness (QED) is 0.0183. The van der Waals surface area contributed by atoms with Crippen molar-refractivity contribution in [3.8, 4) is 0 Å². The first-order valence-corrected chi connectivity index (χ1v) is 34.0. The molecule has 0 aromatic heterocycles. The van der Waals surface area contributed by atoms with Gasteiger partial charge in [0.15, 0.2) is 18.9 Å². The number of ether oxygens (including phenoxy) is 12. The Bertz CT molecular complexity index is 2210. The summed E-state index contributed by atoms with van der Waals surface area (Å²) in [6.07, 6.45) is -5.01. The molecule has 3 saturated heterocycles. The molecule has 0 aliphatic carbocycles. The molecule has 3 rings (SSSR count). The van der Waals surface area contributed by atoms with E-state index >= 15 is 0 Å². The average Bonchev–Trinajstić information content (AvgIpc) is 0.855. The van der Waals surface area contributed by atoms with Crippen molar-refractivity contribution >= 4 is 53.4 Å². The molecule has 0 bridgehead atoms. The number of carbonyl (C=O) groups is 9. The summed E-state index contributed by atoms with van der Waals surface area (Å²) >= 11 is 0. The molecule has 0 radical (unpaired) electrons. The molecule has 0 aromatic carbocycles. The van der Waals surface area contributed by atoms with E-state index in [2.05, 4.69) is 31.9 Å². The smallest absolute Gasteiger partial charge is 0.302 e. The Morgan fingerprint density at radius 2 is 0.742 bits per heavy atom. The van der Waals surface area contributed by atoms with Crippen LogP contribution in [0.15, 0.2) is 0 Å². The number of unbranched alkanes of at least 4 members (excludes halogenated alkanes) is 3. The molecule has 3 fully saturated rings. The molecule has 97 heavy (non-hydrogen) atoms. The maximum absolute atomic E-state index is 12.7. The van der Waals surface area contributed by atoms with Crippen molar-refractivity contribution in [1.82, 2.24) is 31.9 Å². The Balaban J connectivity index is 1.31. The number of amides is 6. The molecule has 15 atom stereocenters. The zero-order chi connectivity index (χ0) is 71.5. The molecular weight excluding hydrogens is 1280 g/mol. The molecule has 3 aliphatic heterocycles. The second-order valence-corrected chi connectivity index (χ2v) is 25.0. The lowest BCUT2D eigenvalue weighted by atomic mass is 9.92. The van der Waals surface area contributed by atoms with Crippen LogP contribution in [-0.2, 0) is 100.0 Å². The van der Waals surface area contributed by atoms with Crippen molar-refractivity contribution in [2.75, 3.05) is 119 Å². The number of carbonyl (C=O) groups excluding carboxylic acids is 9. The van der Waals surface area contributed by atoms with Gasteiger partial charge in [-0.1, -0.05) is 20.8 Å². The maximum Gasteiger partial charge on any atom is 0.302 e. The molecule has 6 amide bonds. The van der Waals surface area contributed by atoms with E-state index in [1.165, 1.54) is 20.8 Å². The highest BCUT2D eigenvalue weighted by Gasteiger charge is 2.45. The zero-order valence-electron chi connectivity index (χ0n) is 57.5. The van der Waals surface area contributed by atoms with Crippen LogP contribution >= 0.6 is 0 Å². The fraction of sp³-hybridized carbons (Fsp3) is 0.859. The van der Waals surface area contributed by atoms with E-state index in [0.717, 1.165) is 0 Å². The van der Waals surface area contributed by atoms with E-state index in [-0.39, 0.29) is 153 Å². The van der Waals surface area contributed by atoms with Gasteiger partial charge in [-0.3, -0.25) is 43.2 Å². The van der Waals surface area contributed by atoms with Crippen LogP contribution in [-0.4, -0.2) is 271 Å². The second kappa shape index (κ2) is 49.2. The van der Waals surface area contributed by atoms with Gasteiger partial charge in [0.25, 0.3) is 0 Å². The van der Waals surface area contributed by atoms with Crippen molar-refractivity contribution in [3.63, 3.8) is 0 Å². The highest BCUT2D eigenvalue weighted by molar-refractivity contribution is 5.78. The summed E-state index contributed by atoms with van der Waals surface area (Å²) in [7, 11) is 0. The van der Waals surface area contributed by atoms with Gasteiger partial charge >= 0.3 is 17.9 Å². The summed E-state index contributed by atoms with van der Waals surface area (Å²) in [6, 6.07) is -1.04. The topological polar surface area (TPSA) is 464 Å². The van der Waals surface area contributed by atoms with Crippen molar-refractivity contribution in [1.29, 1.82) is 0 Å². The van der Waals surface area contributed by atoms with Crippen LogP contribution < -0.4 is 37.6 Å². The molecule has 560 valence electrons. The lowest BCUT2D eigenvalue weighted by Gasteiger charge is -2.41. The van der Waals surface area contributed by atoms with Crippen LogP contribution in [0.4, 0.5) is 0 Å². The van der Waals surface area contributed by atoms with Gasteiger partial charge in [0.2, 0.25) is 35.4 Å². The third-order valence-corrected chi connectivity index (χ3v) is 16.0. The first-order chi connectivity index (χ1) is 46.3. The standard InChI is InChI=1S/C64H113N7O26/c1-41-47(75)34-46(35-92-43(3)72)95-61(41)89-28-10-7-16-50(76)66-22-13-25-69-53(79)19-31-86-38-64(6,39-87-32-20-54(80)70-26-14-23-67-51(77)17-8-11-29-90-62-42(2)57(82)58(83)48(96-62)36-93-44(4)73)40-88-33-21-55(81)71-27-15-24-68-52(78)18-9-12-30-91-63-56(65)60(85)59(84)49(97-63)37-94-45(5)74/h41-42,46-49,56-63,75,82-85H,7-40,65H2,1-6H3,(H,66,76)(H,67,77)(H,68,78)(H,69,79)(H,70,80)(H,71,81)/t41-,42-,46?,47?,48?,49?,56-,57?,58-,59-,60?,61+,62+,63+,64?/m0/s1. The molecule has 33 heteroatoms. The lowest BCUT2D eigenvalue weighted by molar-refractivity contribution is -0.283. The number of hydrogen-bond acceptors (Lipinski definition) is 27. The monoisotopic (exact) mass is 1400 g/mol. The van der Waals surface area contributed by atoms with E-state index in [0.29, 0.717) is 110 Å².